The normalized spacial score (nSPS) is 24.2. The Morgan fingerprint density at radius 2 is 1.76 bits per heavy atom. The van der Waals surface area contributed by atoms with Crippen molar-refractivity contribution >= 4 is 5.97 Å². The van der Waals surface area contributed by atoms with Crippen LogP contribution in [0, 0.1) is 23.7 Å². The molecular weight excluding hydrogens is 310 g/mol. The summed E-state index contributed by atoms with van der Waals surface area (Å²) in [5.41, 5.74) is 0.995. The molecule has 2 aliphatic rings. The first-order valence-electron chi connectivity index (χ1n) is 8.94. The van der Waals surface area contributed by atoms with Crippen molar-refractivity contribution in [3.63, 3.8) is 0 Å². The van der Waals surface area contributed by atoms with Crippen LogP contribution in [0.1, 0.15) is 48.8 Å². The van der Waals surface area contributed by atoms with Gasteiger partial charge in [-0.3, -0.25) is 4.79 Å². The smallest absolute Gasteiger partial charge is 0.328 e. The third-order valence-corrected chi connectivity index (χ3v) is 5.89. The Kier molecular flexibility index (Phi) is 3.65. The van der Waals surface area contributed by atoms with E-state index in [2.05, 4.69) is 6.07 Å². The SMILES string of the molecule is Cc1ccc2c(c1)C(c1ccccc1)(C1(C#N)CCCCC1)C(=O)O2. The Morgan fingerprint density at radius 1 is 1.04 bits per heavy atom. The predicted octanol–water partition coefficient (Wildman–Crippen LogP) is 4.67. The molecule has 3 nitrogen and oxygen atoms in total. The molecule has 2 aromatic carbocycles. The van der Waals surface area contributed by atoms with Crippen LogP contribution >= 0.6 is 0 Å². The maximum absolute atomic E-state index is 13.4. The molecule has 1 heterocycles. The number of hydrogen-bond donors (Lipinski definition) is 0. The molecule has 1 atom stereocenters. The minimum absolute atomic E-state index is 0.303. The number of benzene rings is 2. The fourth-order valence-corrected chi connectivity index (χ4v) is 4.73. The summed E-state index contributed by atoms with van der Waals surface area (Å²) in [4.78, 5) is 13.4. The highest BCUT2D eigenvalue weighted by Gasteiger charge is 2.64. The van der Waals surface area contributed by atoms with Crippen molar-refractivity contribution in [1.29, 1.82) is 5.26 Å². The quantitative estimate of drug-likeness (QED) is 0.593. The van der Waals surface area contributed by atoms with Crippen LogP contribution in [-0.2, 0) is 10.2 Å². The average molecular weight is 331 g/mol. The summed E-state index contributed by atoms with van der Waals surface area (Å²) in [5.74, 6) is 0.294. The summed E-state index contributed by atoms with van der Waals surface area (Å²) in [6.07, 6.45) is 4.50. The summed E-state index contributed by atoms with van der Waals surface area (Å²) < 4.78 is 5.72. The van der Waals surface area contributed by atoms with Crippen LogP contribution in [0.3, 0.4) is 0 Å². The van der Waals surface area contributed by atoms with Crippen molar-refractivity contribution in [1.82, 2.24) is 0 Å². The second kappa shape index (κ2) is 5.74. The number of carbonyl (C=O) groups excluding carboxylic acids is 1. The number of esters is 1. The van der Waals surface area contributed by atoms with Crippen LogP contribution in [0.15, 0.2) is 48.5 Å². The summed E-state index contributed by atoms with van der Waals surface area (Å²) in [5, 5.41) is 10.3. The van der Waals surface area contributed by atoms with Crippen LogP contribution in [0.2, 0.25) is 0 Å². The Bertz CT molecular complexity index is 859. The molecule has 0 amide bonds. The maximum atomic E-state index is 13.4. The van der Waals surface area contributed by atoms with Gasteiger partial charge < -0.3 is 4.74 Å². The molecule has 25 heavy (non-hydrogen) atoms. The first kappa shape index (κ1) is 15.9. The van der Waals surface area contributed by atoms with Gasteiger partial charge in [0, 0.05) is 5.56 Å². The maximum Gasteiger partial charge on any atom is 0.328 e. The molecule has 1 fully saturated rings. The van der Waals surface area contributed by atoms with Crippen LogP contribution < -0.4 is 4.74 Å². The molecular formula is C22H21NO2. The molecule has 0 N–H and O–H groups in total. The zero-order valence-electron chi connectivity index (χ0n) is 14.4. The number of nitrogens with zero attached hydrogens (tertiary/aromatic N) is 1. The molecule has 1 unspecified atom stereocenters. The predicted molar refractivity (Wildman–Crippen MR) is 95.2 cm³/mol. The third kappa shape index (κ3) is 2.07. The highest BCUT2D eigenvalue weighted by molar-refractivity contribution is 5.96. The molecule has 2 aromatic rings. The Labute approximate surface area is 148 Å². The zero-order chi connectivity index (χ0) is 17.5. The highest BCUT2D eigenvalue weighted by atomic mass is 16.5. The van der Waals surface area contributed by atoms with Gasteiger partial charge in [0.15, 0.2) is 0 Å². The molecule has 0 saturated heterocycles. The van der Waals surface area contributed by atoms with Crippen LogP contribution in [0.5, 0.6) is 5.75 Å². The average Bonchev–Trinajstić information content (AvgIpc) is 2.95. The first-order valence-corrected chi connectivity index (χ1v) is 8.94. The first-order chi connectivity index (χ1) is 12.1. The van der Waals surface area contributed by atoms with Crippen LogP contribution in [0.25, 0.3) is 0 Å². The number of nitriles is 1. The largest absolute Gasteiger partial charge is 0.425 e. The van der Waals surface area contributed by atoms with E-state index in [-0.39, 0.29) is 5.97 Å². The second-order valence-electron chi connectivity index (χ2n) is 7.26. The fourth-order valence-electron chi connectivity index (χ4n) is 4.73. The minimum atomic E-state index is -1.04. The van der Waals surface area contributed by atoms with E-state index >= 15 is 0 Å². The number of ether oxygens (including phenoxy) is 1. The van der Waals surface area contributed by atoms with Gasteiger partial charge in [-0.05, 0) is 31.4 Å². The van der Waals surface area contributed by atoms with Crippen molar-refractivity contribution in [2.45, 2.75) is 44.4 Å². The molecule has 4 rings (SSSR count). The molecule has 0 bridgehead atoms. The lowest BCUT2D eigenvalue weighted by Gasteiger charge is -2.44. The topological polar surface area (TPSA) is 50.1 Å². The van der Waals surface area contributed by atoms with Crippen LogP contribution in [-0.4, -0.2) is 5.97 Å². The molecule has 1 saturated carbocycles. The standard InChI is InChI=1S/C22H21NO2/c1-16-10-11-19-18(14-16)22(20(24)25-19,17-8-4-2-5-9-17)21(15-23)12-6-3-7-13-21/h2,4-5,8-11,14H,3,6-7,12-13H2,1H3. The Balaban J connectivity index is 2.07. The van der Waals surface area contributed by atoms with Gasteiger partial charge in [-0.15, -0.1) is 0 Å². The number of aryl methyl sites for hydroxylation is 1. The summed E-state index contributed by atoms with van der Waals surface area (Å²) in [7, 11) is 0. The number of fused-ring (bicyclic) bond motifs is 1. The number of rotatable bonds is 2. The Morgan fingerprint density at radius 3 is 2.44 bits per heavy atom. The van der Waals surface area contributed by atoms with E-state index in [1.165, 1.54) is 0 Å². The van der Waals surface area contributed by atoms with Gasteiger partial charge in [-0.2, -0.15) is 5.26 Å². The lowest BCUT2D eigenvalue weighted by molar-refractivity contribution is -0.140. The fraction of sp³-hybridized carbons (Fsp3) is 0.364. The van der Waals surface area contributed by atoms with Crippen molar-refractivity contribution in [3.8, 4) is 11.8 Å². The lowest BCUT2D eigenvalue weighted by atomic mass is 9.53. The zero-order valence-corrected chi connectivity index (χ0v) is 14.4. The van der Waals surface area contributed by atoms with Gasteiger partial charge in [-0.1, -0.05) is 67.3 Å². The summed E-state index contributed by atoms with van der Waals surface area (Å²) in [6, 6.07) is 18.2. The minimum Gasteiger partial charge on any atom is -0.425 e. The van der Waals surface area contributed by atoms with Gasteiger partial charge in [0.1, 0.15) is 11.2 Å². The Hall–Kier alpha value is -2.60. The molecule has 3 heteroatoms. The van der Waals surface area contributed by atoms with E-state index in [0.29, 0.717) is 5.75 Å². The molecule has 126 valence electrons. The molecule has 0 radical (unpaired) electrons. The number of carbonyl (C=O) groups is 1. The molecule has 0 spiro atoms. The van der Waals surface area contributed by atoms with Gasteiger partial charge >= 0.3 is 5.97 Å². The molecule has 0 aromatic heterocycles. The third-order valence-electron chi connectivity index (χ3n) is 5.89. The van der Waals surface area contributed by atoms with Crippen molar-refractivity contribution in [2.75, 3.05) is 0 Å². The summed E-state index contributed by atoms with van der Waals surface area (Å²) >= 11 is 0. The monoisotopic (exact) mass is 331 g/mol. The summed E-state index contributed by atoms with van der Waals surface area (Å²) in [6.45, 7) is 2.01. The molecule has 1 aliphatic heterocycles. The van der Waals surface area contributed by atoms with Gasteiger partial charge in [0.05, 0.1) is 11.5 Å². The van der Waals surface area contributed by atoms with E-state index in [9.17, 15) is 10.1 Å². The lowest BCUT2D eigenvalue weighted by Crippen LogP contribution is -2.51. The highest BCUT2D eigenvalue weighted by Crippen LogP contribution is 2.59. The van der Waals surface area contributed by atoms with Crippen molar-refractivity contribution in [3.05, 3.63) is 65.2 Å². The molecule has 1 aliphatic carbocycles. The van der Waals surface area contributed by atoms with Crippen molar-refractivity contribution < 1.29 is 9.53 Å². The van der Waals surface area contributed by atoms with E-state index in [1.807, 2.05) is 55.5 Å². The second-order valence-corrected chi connectivity index (χ2v) is 7.26. The van der Waals surface area contributed by atoms with Gasteiger partial charge in [0.2, 0.25) is 0 Å². The van der Waals surface area contributed by atoms with E-state index < -0.39 is 10.8 Å². The van der Waals surface area contributed by atoms with Crippen LogP contribution in [0.4, 0.5) is 0 Å². The van der Waals surface area contributed by atoms with Gasteiger partial charge in [0.25, 0.3) is 0 Å². The number of hydrogen-bond acceptors (Lipinski definition) is 3. The van der Waals surface area contributed by atoms with E-state index in [4.69, 9.17) is 4.74 Å². The van der Waals surface area contributed by atoms with E-state index in [0.717, 1.165) is 48.8 Å². The van der Waals surface area contributed by atoms with E-state index in [1.54, 1.807) is 0 Å². The van der Waals surface area contributed by atoms with Crippen molar-refractivity contribution in [2.24, 2.45) is 5.41 Å². The van der Waals surface area contributed by atoms with Gasteiger partial charge in [-0.25, -0.2) is 0 Å².